The average Bonchev–Trinajstić information content (AvgIpc) is 2.09. The third-order valence-electron chi connectivity index (χ3n) is 1.40. The second-order valence-corrected chi connectivity index (χ2v) is 2.37. The number of alkyl halides is 1. The summed E-state index contributed by atoms with van der Waals surface area (Å²) in [6, 6.07) is 5.95. The van der Waals surface area contributed by atoms with Crippen LogP contribution in [-0.2, 0) is 11.3 Å². The van der Waals surface area contributed by atoms with E-state index in [0.717, 1.165) is 5.56 Å². The van der Waals surface area contributed by atoms with Crippen LogP contribution in [0.1, 0.15) is 5.56 Å². The highest BCUT2D eigenvalue weighted by Crippen LogP contribution is 2.03. The number of benzene rings is 1. The molecule has 0 bridgehead atoms. The molecule has 0 saturated heterocycles. The fourth-order valence-corrected chi connectivity index (χ4v) is 0.825. The van der Waals surface area contributed by atoms with E-state index in [1.807, 2.05) is 0 Å². The summed E-state index contributed by atoms with van der Waals surface area (Å²) in [5.41, 5.74) is 0.852. The normalized spacial score (nSPS) is 10.2. The van der Waals surface area contributed by atoms with Crippen LogP contribution in [0.5, 0.6) is 0 Å². The van der Waals surface area contributed by atoms with E-state index in [1.165, 1.54) is 12.1 Å². The molecule has 0 N–H and O–H groups in total. The molecule has 3 heteroatoms. The van der Waals surface area contributed by atoms with Gasteiger partial charge in [0.25, 0.3) is 0 Å². The molecule has 0 spiro atoms. The van der Waals surface area contributed by atoms with Crippen molar-refractivity contribution in [3.05, 3.63) is 35.6 Å². The standard InChI is InChI=1S/C9H10F2O/c10-5-6-12-7-8-1-3-9(11)4-2-8/h1-4H,5-7H2. The van der Waals surface area contributed by atoms with Crippen LogP contribution < -0.4 is 0 Å². The molecule has 0 heterocycles. The van der Waals surface area contributed by atoms with Gasteiger partial charge in [-0.15, -0.1) is 0 Å². The van der Waals surface area contributed by atoms with Crippen LogP contribution in [0, 0.1) is 5.82 Å². The first-order chi connectivity index (χ1) is 5.83. The van der Waals surface area contributed by atoms with Gasteiger partial charge in [-0.3, -0.25) is 0 Å². The summed E-state index contributed by atoms with van der Waals surface area (Å²) in [6.07, 6.45) is 0. The van der Waals surface area contributed by atoms with Gasteiger partial charge in [0.1, 0.15) is 12.5 Å². The second kappa shape index (κ2) is 4.83. The van der Waals surface area contributed by atoms with Crippen LogP contribution in [0.2, 0.25) is 0 Å². The SMILES string of the molecule is FCCOCc1ccc(F)cc1. The Kier molecular flexibility index (Phi) is 3.67. The summed E-state index contributed by atoms with van der Waals surface area (Å²) in [5.74, 6) is -0.274. The van der Waals surface area contributed by atoms with E-state index in [9.17, 15) is 8.78 Å². The Balaban J connectivity index is 2.37. The Labute approximate surface area is 70.0 Å². The van der Waals surface area contributed by atoms with Gasteiger partial charge in [0.05, 0.1) is 13.2 Å². The largest absolute Gasteiger partial charge is 0.374 e. The molecule has 0 aliphatic heterocycles. The minimum absolute atomic E-state index is 0.0946. The molecule has 1 nitrogen and oxygen atoms in total. The van der Waals surface area contributed by atoms with Gasteiger partial charge < -0.3 is 4.74 Å². The Morgan fingerprint density at radius 1 is 1.17 bits per heavy atom. The molecule has 0 fully saturated rings. The lowest BCUT2D eigenvalue weighted by Gasteiger charge is -2.00. The molecule has 0 aliphatic rings. The highest BCUT2D eigenvalue weighted by molar-refractivity contribution is 5.14. The molecule has 0 atom stereocenters. The second-order valence-electron chi connectivity index (χ2n) is 2.37. The molecule has 1 aromatic rings. The summed E-state index contributed by atoms with van der Waals surface area (Å²) in [5, 5.41) is 0. The van der Waals surface area contributed by atoms with E-state index in [4.69, 9.17) is 4.74 Å². The average molecular weight is 172 g/mol. The van der Waals surface area contributed by atoms with Gasteiger partial charge in [-0.2, -0.15) is 0 Å². The molecule has 1 aromatic carbocycles. The van der Waals surface area contributed by atoms with E-state index < -0.39 is 6.67 Å². The smallest absolute Gasteiger partial charge is 0.123 e. The molecule has 0 aromatic heterocycles. The van der Waals surface area contributed by atoms with Gasteiger partial charge >= 0.3 is 0 Å². The van der Waals surface area contributed by atoms with Crippen LogP contribution in [0.4, 0.5) is 8.78 Å². The number of hydrogen-bond donors (Lipinski definition) is 0. The molecule has 0 saturated carbocycles. The van der Waals surface area contributed by atoms with E-state index in [1.54, 1.807) is 12.1 Å². The maximum atomic E-state index is 12.4. The van der Waals surface area contributed by atoms with Gasteiger partial charge in [-0.1, -0.05) is 12.1 Å². The van der Waals surface area contributed by atoms with Crippen LogP contribution in [0.25, 0.3) is 0 Å². The topological polar surface area (TPSA) is 9.23 Å². The Bertz CT molecular complexity index is 220. The molecule has 12 heavy (non-hydrogen) atoms. The van der Waals surface area contributed by atoms with Crippen molar-refractivity contribution in [2.24, 2.45) is 0 Å². The minimum atomic E-state index is -0.485. The lowest BCUT2D eigenvalue weighted by Crippen LogP contribution is -1.96. The first-order valence-corrected chi connectivity index (χ1v) is 3.71. The number of hydrogen-bond acceptors (Lipinski definition) is 1. The molecule has 66 valence electrons. The van der Waals surface area contributed by atoms with Crippen LogP contribution in [0.15, 0.2) is 24.3 Å². The number of ether oxygens (including phenoxy) is 1. The molecule has 0 radical (unpaired) electrons. The van der Waals surface area contributed by atoms with Gasteiger partial charge in [-0.25, -0.2) is 8.78 Å². The van der Waals surface area contributed by atoms with E-state index in [-0.39, 0.29) is 12.4 Å². The monoisotopic (exact) mass is 172 g/mol. The zero-order valence-electron chi connectivity index (χ0n) is 6.59. The molecule has 0 amide bonds. The van der Waals surface area contributed by atoms with Gasteiger partial charge in [0, 0.05) is 0 Å². The Morgan fingerprint density at radius 2 is 1.83 bits per heavy atom. The van der Waals surface area contributed by atoms with Crippen LogP contribution in [0.3, 0.4) is 0 Å². The predicted molar refractivity (Wildman–Crippen MR) is 42.0 cm³/mol. The van der Waals surface area contributed by atoms with E-state index in [2.05, 4.69) is 0 Å². The van der Waals surface area contributed by atoms with Crippen molar-refractivity contribution in [1.29, 1.82) is 0 Å². The van der Waals surface area contributed by atoms with E-state index >= 15 is 0 Å². The van der Waals surface area contributed by atoms with Crippen molar-refractivity contribution in [2.75, 3.05) is 13.3 Å². The summed E-state index contributed by atoms with van der Waals surface area (Å²) in [6.45, 7) is -0.0528. The van der Waals surface area contributed by atoms with Crippen molar-refractivity contribution in [1.82, 2.24) is 0 Å². The summed E-state index contributed by atoms with van der Waals surface area (Å²) >= 11 is 0. The zero-order valence-corrected chi connectivity index (χ0v) is 6.59. The van der Waals surface area contributed by atoms with Crippen molar-refractivity contribution in [2.45, 2.75) is 6.61 Å². The van der Waals surface area contributed by atoms with Gasteiger partial charge in [0.15, 0.2) is 0 Å². The molecular weight excluding hydrogens is 162 g/mol. The molecule has 0 unspecified atom stereocenters. The fourth-order valence-electron chi connectivity index (χ4n) is 0.825. The zero-order chi connectivity index (χ0) is 8.81. The van der Waals surface area contributed by atoms with Crippen molar-refractivity contribution in [3.8, 4) is 0 Å². The lowest BCUT2D eigenvalue weighted by molar-refractivity contribution is 0.106. The van der Waals surface area contributed by atoms with Crippen molar-refractivity contribution in [3.63, 3.8) is 0 Å². The minimum Gasteiger partial charge on any atom is -0.374 e. The van der Waals surface area contributed by atoms with Crippen LogP contribution >= 0.6 is 0 Å². The molecule has 0 aliphatic carbocycles. The third-order valence-corrected chi connectivity index (χ3v) is 1.40. The number of rotatable bonds is 4. The third kappa shape index (κ3) is 2.96. The quantitative estimate of drug-likeness (QED) is 0.633. The lowest BCUT2D eigenvalue weighted by atomic mass is 10.2. The first-order valence-electron chi connectivity index (χ1n) is 3.71. The van der Waals surface area contributed by atoms with E-state index in [0.29, 0.717) is 6.61 Å². The molecular formula is C9H10F2O. The predicted octanol–water partition coefficient (Wildman–Crippen LogP) is 2.31. The highest BCUT2D eigenvalue weighted by Gasteiger charge is 1.93. The van der Waals surface area contributed by atoms with Crippen LogP contribution in [-0.4, -0.2) is 13.3 Å². The van der Waals surface area contributed by atoms with Gasteiger partial charge in [-0.05, 0) is 17.7 Å². The summed E-state index contributed by atoms with van der Waals surface area (Å²) in [4.78, 5) is 0. The highest BCUT2D eigenvalue weighted by atomic mass is 19.1. The number of halogens is 2. The first kappa shape index (κ1) is 9.13. The Hall–Kier alpha value is -0.960. The van der Waals surface area contributed by atoms with Crippen molar-refractivity contribution >= 4 is 0 Å². The molecule has 1 rings (SSSR count). The van der Waals surface area contributed by atoms with Gasteiger partial charge in [0.2, 0.25) is 0 Å². The maximum absolute atomic E-state index is 12.4. The maximum Gasteiger partial charge on any atom is 0.123 e. The Morgan fingerprint density at radius 3 is 2.42 bits per heavy atom. The summed E-state index contributed by atoms with van der Waals surface area (Å²) < 4.78 is 28.9. The summed E-state index contributed by atoms with van der Waals surface area (Å²) in [7, 11) is 0. The fraction of sp³-hybridized carbons (Fsp3) is 0.333. The van der Waals surface area contributed by atoms with Crippen molar-refractivity contribution < 1.29 is 13.5 Å².